The lowest BCUT2D eigenvalue weighted by molar-refractivity contribution is 0.155. The van der Waals surface area contributed by atoms with E-state index in [1.807, 2.05) is 24.3 Å². The summed E-state index contributed by atoms with van der Waals surface area (Å²) < 4.78 is 5.77. The third-order valence-corrected chi connectivity index (χ3v) is 3.33. The van der Waals surface area contributed by atoms with Gasteiger partial charge in [-0.2, -0.15) is 0 Å². The molecule has 0 aliphatic carbocycles. The molecule has 96 valence electrons. The van der Waals surface area contributed by atoms with Crippen LogP contribution in [0, 0.1) is 0 Å². The van der Waals surface area contributed by atoms with Gasteiger partial charge in [0.2, 0.25) is 5.89 Å². The zero-order valence-corrected chi connectivity index (χ0v) is 10.9. The van der Waals surface area contributed by atoms with Crippen LogP contribution >= 0.6 is 0 Å². The molecule has 4 nitrogen and oxygen atoms in total. The Morgan fingerprint density at radius 2 is 2.00 bits per heavy atom. The van der Waals surface area contributed by atoms with Gasteiger partial charge in [-0.3, -0.25) is 4.90 Å². The second kappa shape index (κ2) is 4.71. The maximum atomic E-state index is 5.77. The van der Waals surface area contributed by atoms with E-state index >= 15 is 0 Å². The zero-order valence-electron chi connectivity index (χ0n) is 10.9. The van der Waals surface area contributed by atoms with Gasteiger partial charge in [-0.05, 0) is 26.0 Å². The Hall–Kier alpha value is -1.39. The minimum atomic E-state index is 0.526. The average molecular weight is 245 g/mol. The van der Waals surface area contributed by atoms with Crippen LogP contribution in [-0.2, 0) is 6.54 Å². The van der Waals surface area contributed by atoms with Crippen molar-refractivity contribution in [3.8, 4) is 0 Å². The largest absolute Gasteiger partial charge is 0.439 e. The topological polar surface area (TPSA) is 41.3 Å². The van der Waals surface area contributed by atoms with Gasteiger partial charge in [0.05, 0.1) is 6.54 Å². The maximum Gasteiger partial charge on any atom is 0.209 e. The molecule has 1 N–H and O–H groups in total. The minimum absolute atomic E-state index is 0.526. The van der Waals surface area contributed by atoms with Gasteiger partial charge in [-0.25, -0.2) is 4.98 Å². The molecule has 1 fully saturated rings. The van der Waals surface area contributed by atoms with E-state index in [4.69, 9.17) is 4.42 Å². The van der Waals surface area contributed by atoms with Gasteiger partial charge < -0.3 is 9.73 Å². The quantitative estimate of drug-likeness (QED) is 0.878. The van der Waals surface area contributed by atoms with Crippen molar-refractivity contribution >= 4 is 11.1 Å². The Bertz CT molecular complexity index is 494. The molecule has 1 aromatic heterocycles. The molecule has 1 aliphatic heterocycles. The molecule has 0 bridgehead atoms. The van der Waals surface area contributed by atoms with E-state index in [1.165, 1.54) is 0 Å². The summed E-state index contributed by atoms with van der Waals surface area (Å²) in [5, 5.41) is 3.53. The summed E-state index contributed by atoms with van der Waals surface area (Å²) in [7, 11) is 0. The van der Waals surface area contributed by atoms with E-state index in [2.05, 4.69) is 29.0 Å². The molecule has 18 heavy (non-hydrogen) atoms. The van der Waals surface area contributed by atoms with Gasteiger partial charge in [-0.15, -0.1) is 0 Å². The number of para-hydroxylation sites is 2. The molecule has 2 atom stereocenters. The Balaban J connectivity index is 1.75. The number of nitrogens with one attached hydrogen (secondary N) is 1. The van der Waals surface area contributed by atoms with Crippen LogP contribution in [0.4, 0.5) is 0 Å². The van der Waals surface area contributed by atoms with Gasteiger partial charge in [-0.1, -0.05) is 12.1 Å². The number of piperazine rings is 1. The number of nitrogens with zero attached hydrogens (tertiary/aromatic N) is 2. The second-order valence-electron chi connectivity index (χ2n) is 5.24. The van der Waals surface area contributed by atoms with Crippen molar-refractivity contribution in [2.24, 2.45) is 0 Å². The number of oxazole rings is 1. The predicted octanol–water partition coefficient (Wildman–Crippen LogP) is 2.01. The van der Waals surface area contributed by atoms with Crippen LogP contribution < -0.4 is 5.32 Å². The highest BCUT2D eigenvalue weighted by Gasteiger charge is 2.22. The highest BCUT2D eigenvalue weighted by atomic mass is 16.3. The smallest absolute Gasteiger partial charge is 0.209 e. The summed E-state index contributed by atoms with van der Waals surface area (Å²) in [6.07, 6.45) is 0. The van der Waals surface area contributed by atoms with Crippen LogP contribution in [0.15, 0.2) is 28.7 Å². The van der Waals surface area contributed by atoms with Gasteiger partial charge >= 0.3 is 0 Å². The van der Waals surface area contributed by atoms with E-state index in [0.717, 1.165) is 36.6 Å². The van der Waals surface area contributed by atoms with Crippen LogP contribution in [0.3, 0.4) is 0 Å². The Kier molecular flexibility index (Phi) is 3.06. The summed E-state index contributed by atoms with van der Waals surface area (Å²) in [6.45, 7) is 7.32. The molecule has 1 aromatic carbocycles. The molecule has 0 spiro atoms. The summed E-state index contributed by atoms with van der Waals surface area (Å²) in [4.78, 5) is 6.93. The first-order valence-electron chi connectivity index (χ1n) is 6.53. The summed E-state index contributed by atoms with van der Waals surface area (Å²) in [5.74, 6) is 0.817. The van der Waals surface area contributed by atoms with E-state index in [0.29, 0.717) is 12.1 Å². The van der Waals surface area contributed by atoms with Crippen LogP contribution in [0.25, 0.3) is 11.1 Å². The highest BCUT2D eigenvalue weighted by molar-refractivity contribution is 5.72. The fourth-order valence-electron chi connectivity index (χ4n) is 2.75. The lowest BCUT2D eigenvalue weighted by Gasteiger charge is -2.35. The number of benzene rings is 1. The normalized spacial score (nSPS) is 25.7. The molecule has 3 rings (SSSR count). The molecule has 0 radical (unpaired) electrons. The molecule has 2 heterocycles. The van der Waals surface area contributed by atoms with Crippen LogP contribution in [-0.4, -0.2) is 35.1 Å². The van der Waals surface area contributed by atoms with Crippen molar-refractivity contribution < 1.29 is 4.42 Å². The maximum absolute atomic E-state index is 5.77. The van der Waals surface area contributed by atoms with Crippen molar-refractivity contribution in [1.82, 2.24) is 15.2 Å². The first kappa shape index (κ1) is 11.7. The third kappa shape index (κ3) is 2.40. The Morgan fingerprint density at radius 1 is 1.28 bits per heavy atom. The van der Waals surface area contributed by atoms with Crippen molar-refractivity contribution in [2.75, 3.05) is 13.1 Å². The average Bonchev–Trinajstić information content (AvgIpc) is 2.69. The fourth-order valence-corrected chi connectivity index (χ4v) is 2.75. The van der Waals surface area contributed by atoms with Gasteiger partial charge in [0.1, 0.15) is 5.52 Å². The van der Waals surface area contributed by atoms with Crippen LogP contribution in [0.5, 0.6) is 0 Å². The lowest BCUT2D eigenvalue weighted by atomic mass is 10.1. The standard InChI is InChI=1S/C14H19N3O/c1-10-7-17(8-11(2)15-10)9-14-16-12-5-3-4-6-13(12)18-14/h3-6,10-11,15H,7-9H2,1-2H3. The van der Waals surface area contributed by atoms with E-state index in [9.17, 15) is 0 Å². The number of hydrogen-bond acceptors (Lipinski definition) is 4. The number of hydrogen-bond donors (Lipinski definition) is 1. The molecular weight excluding hydrogens is 226 g/mol. The van der Waals surface area contributed by atoms with Gasteiger partial charge in [0.15, 0.2) is 5.58 Å². The molecule has 1 aliphatic rings. The number of rotatable bonds is 2. The van der Waals surface area contributed by atoms with E-state index in [-0.39, 0.29) is 0 Å². The molecular formula is C14H19N3O. The minimum Gasteiger partial charge on any atom is -0.439 e. The molecule has 1 saturated heterocycles. The SMILES string of the molecule is CC1CN(Cc2nc3ccccc3o2)CC(C)N1. The molecule has 2 unspecified atom stereocenters. The number of aromatic nitrogens is 1. The summed E-state index contributed by atoms with van der Waals surface area (Å²) in [6, 6.07) is 8.98. The third-order valence-electron chi connectivity index (χ3n) is 3.33. The Morgan fingerprint density at radius 3 is 2.72 bits per heavy atom. The van der Waals surface area contributed by atoms with Gasteiger partial charge in [0.25, 0.3) is 0 Å². The van der Waals surface area contributed by atoms with Crippen LogP contribution in [0.2, 0.25) is 0 Å². The first-order valence-corrected chi connectivity index (χ1v) is 6.53. The predicted molar refractivity (Wildman–Crippen MR) is 71.3 cm³/mol. The molecule has 0 amide bonds. The lowest BCUT2D eigenvalue weighted by Crippen LogP contribution is -2.53. The van der Waals surface area contributed by atoms with Crippen molar-refractivity contribution in [3.63, 3.8) is 0 Å². The summed E-state index contributed by atoms with van der Waals surface area (Å²) in [5.41, 5.74) is 1.83. The first-order chi connectivity index (χ1) is 8.70. The van der Waals surface area contributed by atoms with Crippen molar-refractivity contribution in [2.45, 2.75) is 32.5 Å². The molecule has 2 aromatic rings. The second-order valence-corrected chi connectivity index (χ2v) is 5.24. The molecule has 0 saturated carbocycles. The molecule has 4 heteroatoms. The Labute approximate surface area is 107 Å². The monoisotopic (exact) mass is 245 g/mol. The fraction of sp³-hybridized carbons (Fsp3) is 0.500. The van der Waals surface area contributed by atoms with Crippen molar-refractivity contribution in [1.29, 1.82) is 0 Å². The van der Waals surface area contributed by atoms with Crippen LogP contribution in [0.1, 0.15) is 19.7 Å². The van der Waals surface area contributed by atoms with Crippen molar-refractivity contribution in [3.05, 3.63) is 30.2 Å². The van der Waals surface area contributed by atoms with E-state index < -0.39 is 0 Å². The van der Waals surface area contributed by atoms with Gasteiger partial charge in [0, 0.05) is 25.2 Å². The zero-order chi connectivity index (χ0) is 12.5. The highest BCUT2D eigenvalue weighted by Crippen LogP contribution is 2.17. The number of fused-ring (bicyclic) bond motifs is 1. The summed E-state index contributed by atoms with van der Waals surface area (Å²) >= 11 is 0. The van der Waals surface area contributed by atoms with E-state index in [1.54, 1.807) is 0 Å².